The van der Waals surface area contributed by atoms with Crippen LogP contribution in [0.3, 0.4) is 0 Å². The van der Waals surface area contributed by atoms with Crippen LogP contribution in [0.5, 0.6) is 0 Å². The van der Waals surface area contributed by atoms with Crippen LogP contribution >= 0.6 is 39.1 Å². The number of anilines is 1. The van der Waals surface area contributed by atoms with E-state index in [4.69, 9.17) is 27.9 Å². The Balaban J connectivity index is 1.83. The van der Waals surface area contributed by atoms with Gasteiger partial charge < -0.3 is 4.74 Å². The van der Waals surface area contributed by atoms with Crippen molar-refractivity contribution in [1.29, 1.82) is 0 Å². The van der Waals surface area contributed by atoms with E-state index in [0.29, 0.717) is 21.3 Å². The van der Waals surface area contributed by atoms with Crippen molar-refractivity contribution >= 4 is 62.6 Å². The van der Waals surface area contributed by atoms with Crippen LogP contribution in [0.2, 0.25) is 10.0 Å². The standard InChI is InChI=1S/C21H16BrCl2NO4/c1-3-29-19(28)21(11-4-6-12(22)7-5-11)16-17(26)25(18(27)20(16,21)2)15-9-13(23)8-14(24)10-15/h4-10,16H,3H2,1-2H3/t16?,20-,21-/m0/s1. The molecule has 2 aromatic carbocycles. The lowest BCUT2D eigenvalue weighted by Crippen LogP contribution is -2.45. The van der Waals surface area contributed by atoms with Gasteiger partial charge in [-0.05, 0) is 49.7 Å². The largest absolute Gasteiger partial charge is 0.465 e. The van der Waals surface area contributed by atoms with Crippen molar-refractivity contribution in [3.63, 3.8) is 0 Å². The molecule has 1 saturated carbocycles. The summed E-state index contributed by atoms with van der Waals surface area (Å²) in [5.41, 5.74) is -1.73. The van der Waals surface area contributed by atoms with Crippen LogP contribution in [0.1, 0.15) is 19.4 Å². The number of nitrogens with zero attached hydrogens (tertiary/aromatic N) is 1. The number of fused-ring (bicyclic) bond motifs is 1. The molecule has 0 bridgehead atoms. The number of benzene rings is 2. The van der Waals surface area contributed by atoms with Crippen LogP contribution in [-0.4, -0.2) is 24.4 Å². The molecule has 4 rings (SSSR count). The Kier molecular flexibility index (Phi) is 4.80. The molecule has 1 saturated heterocycles. The number of piperidine rings is 1. The average molecular weight is 497 g/mol. The summed E-state index contributed by atoms with van der Waals surface area (Å²) in [6.07, 6.45) is 0. The van der Waals surface area contributed by atoms with Gasteiger partial charge in [0.1, 0.15) is 5.41 Å². The summed E-state index contributed by atoms with van der Waals surface area (Å²) in [5, 5.41) is 0.617. The summed E-state index contributed by atoms with van der Waals surface area (Å²) in [6.45, 7) is 3.48. The molecule has 3 atom stereocenters. The number of imide groups is 1. The van der Waals surface area contributed by atoms with Crippen LogP contribution in [0, 0.1) is 11.3 Å². The summed E-state index contributed by atoms with van der Waals surface area (Å²) in [6, 6.07) is 11.6. The highest BCUT2D eigenvalue weighted by molar-refractivity contribution is 9.10. The molecule has 150 valence electrons. The van der Waals surface area contributed by atoms with Crippen LogP contribution in [0.15, 0.2) is 46.9 Å². The van der Waals surface area contributed by atoms with Gasteiger partial charge in [0.2, 0.25) is 11.8 Å². The zero-order valence-corrected chi connectivity index (χ0v) is 18.6. The van der Waals surface area contributed by atoms with Crippen LogP contribution < -0.4 is 4.90 Å². The number of carbonyl (C=O) groups is 3. The lowest BCUT2D eigenvalue weighted by atomic mass is 9.85. The molecule has 5 nitrogen and oxygen atoms in total. The zero-order chi connectivity index (χ0) is 21.1. The van der Waals surface area contributed by atoms with Gasteiger partial charge in [-0.15, -0.1) is 0 Å². The first kappa shape index (κ1) is 20.4. The summed E-state index contributed by atoms with van der Waals surface area (Å²) in [5.74, 6) is -2.37. The smallest absolute Gasteiger partial charge is 0.318 e. The van der Waals surface area contributed by atoms with Gasteiger partial charge in [0.05, 0.1) is 23.6 Å². The Morgan fingerprint density at radius 3 is 2.21 bits per heavy atom. The molecule has 0 radical (unpaired) electrons. The van der Waals surface area contributed by atoms with Gasteiger partial charge in [-0.2, -0.15) is 0 Å². The fourth-order valence-corrected chi connectivity index (χ4v) is 5.37. The van der Waals surface area contributed by atoms with Crippen molar-refractivity contribution in [2.45, 2.75) is 19.3 Å². The van der Waals surface area contributed by atoms with Crippen molar-refractivity contribution in [1.82, 2.24) is 0 Å². The highest BCUT2D eigenvalue weighted by Gasteiger charge is 2.90. The van der Waals surface area contributed by atoms with Crippen molar-refractivity contribution < 1.29 is 19.1 Å². The summed E-state index contributed by atoms with van der Waals surface area (Å²) in [7, 11) is 0. The van der Waals surface area contributed by atoms with E-state index in [1.807, 2.05) is 0 Å². The molecule has 2 amide bonds. The second kappa shape index (κ2) is 6.83. The predicted octanol–water partition coefficient (Wildman–Crippen LogP) is 4.77. The molecule has 1 aliphatic carbocycles. The minimum absolute atomic E-state index is 0.149. The molecule has 0 aromatic heterocycles. The van der Waals surface area contributed by atoms with Crippen molar-refractivity contribution in [2.75, 3.05) is 11.5 Å². The monoisotopic (exact) mass is 495 g/mol. The maximum absolute atomic E-state index is 13.5. The number of ether oxygens (including phenoxy) is 1. The number of carbonyl (C=O) groups excluding carboxylic acids is 3. The zero-order valence-electron chi connectivity index (χ0n) is 15.5. The van der Waals surface area contributed by atoms with E-state index in [2.05, 4.69) is 15.9 Å². The molecule has 1 aliphatic heterocycles. The third-order valence-electron chi connectivity index (χ3n) is 5.86. The number of rotatable bonds is 4. The molecule has 2 fully saturated rings. The van der Waals surface area contributed by atoms with E-state index in [-0.39, 0.29) is 6.61 Å². The Morgan fingerprint density at radius 1 is 1.14 bits per heavy atom. The number of amides is 2. The Hall–Kier alpha value is -1.89. The van der Waals surface area contributed by atoms with Gasteiger partial charge in [-0.1, -0.05) is 51.3 Å². The summed E-state index contributed by atoms with van der Waals surface area (Å²) < 4.78 is 6.14. The molecule has 1 heterocycles. The molecular weight excluding hydrogens is 481 g/mol. The van der Waals surface area contributed by atoms with E-state index < -0.39 is 34.5 Å². The first-order valence-corrected chi connectivity index (χ1v) is 10.5. The Morgan fingerprint density at radius 2 is 1.72 bits per heavy atom. The minimum atomic E-state index is -1.35. The molecule has 0 spiro atoms. The number of hydrogen-bond acceptors (Lipinski definition) is 4. The topological polar surface area (TPSA) is 63.7 Å². The van der Waals surface area contributed by atoms with Gasteiger partial charge >= 0.3 is 5.97 Å². The SMILES string of the molecule is CCOC(=O)[C@]1(c2ccc(Br)cc2)C2C(=O)N(c3cc(Cl)cc(Cl)c3)C(=O)[C@]21C. The third-order valence-corrected chi connectivity index (χ3v) is 6.83. The third kappa shape index (κ3) is 2.62. The fraction of sp³-hybridized carbons (Fsp3) is 0.286. The van der Waals surface area contributed by atoms with Crippen molar-refractivity contribution in [3.05, 3.63) is 62.5 Å². The van der Waals surface area contributed by atoms with E-state index in [1.54, 1.807) is 38.1 Å². The Bertz CT molecular complexity index is 1040. The highest BCUT2D eigenvalue weighted by atomic mass is 79.9. The molecule has 8 heteroatoms. The number of hydrogen-bond donors (Lipinski definition) is 0. The Labute approximate surface area is 186 Å². The van der Waals surface area contributed by atoms with Gasteiger partial charge in [0.25, 0.3) is 0 Å². The lowest BCUT2D eigenvalue weighted by Gasteiger charge is -2.27. The lowest BCUT2D eigenvalue weighted by molar-refractivity contribution is -0.150. The summed E-state index contributed by atoms with van der Waals surface area (Å²) in [4.78, 5) is 41.0. The quantitative estimate of drug-likeness (QED) is 0.452. The summed E-state index contributed by atoms with van der Waals surface area (Å²) >= 11 is 15.5. The van der Waals surface area contributed by atoms with Gasteiger partial charge in [0, 0.05) is 14.5 Å². The average Bonchev–Trinajstić information content (AvgIpc) is 3.17. The minimum Gasteiger partial charge on any atom is -0.465 e. The highest BCUT2D eigenvalue weighted by Crippen LogP contribution is 2.74. The molecular formula is C21H16BrCl2NO4. The van der Waals surface area contributed by atoms with Gasteiger partial charge in [-0.3, -0.25) is 14.4 Å². The maximum atomic E-state index is 13.5. The molecule has 1 unspecified atom stereocenters. The predicted molar refractivity (Wildman–Crippen MR) is 113 cm³/mol. The molecule has 2 aliphatic rings. The van der Waals surface area contributed by atoms with Crippen LogP contribution in [0.25, 0.3) is 0 Å². The van der Waals surface area contributed by atoms with Crippen LogP contribution in [-0.2, 0) is 24.5 Å². The van der Waals surface area contributed by atoms with Gasteiger partial charge in [-0.25, -0.2) is 4.90 Å². The van der Waals surface area contributed by atoms with Crippen molar-refractivity contribution in [2.24, 2.45) is 11.3 Å². The number of esters is 1. The van der Waals surface area contributed by atoms with Crippen LogP contribution in [0.4, 0.5) is 5.69 Å². The first-order chi connectivity index (χ1) is 13.7. The first-order valence-electron chi connectivity index (χ1n) is 8.97. The molecule has 2 aromatic rings. The normalized spacial score (nSPS) is 27.8. The second-order valence-corrected chi connectivity index (χ2v) is 9.07. The molecule has 0 N–H and O–H groups in total. The molecule has 29 heavy (non-hydrogen) atoms. The van der Waals surface area contributed by atoms with E-state index >= 15 is 0 Å². The second-order valence-electron chi connectivity index (χ2n) is 7.28. The van der Waals surface area contributed by atoms with E-state index in [1.165, 1.54) is 18.2 Å². The number of halogens is 3. The van der Waals surface area contributed by atoms with Gasteiger partial charge in [0.15, 0.2) is 0 Å². The maximum Gasteiger partial charge on any atom is 0.318 e. The van der Waals surface area contributed by atoms with E-state index in [0.717, 1.165) is 9.37 Å². The van der Waals surface area contributed by atoms with E-state index in [9.17, 15) is 14.4 Å². The van der Waals surface area contributed by atoms with Crippen molar-refractivity contribution in [3.8, 4) is 0 Å². The fourth-order valence-electron chi connectivity index (χ4n) is 4.59.